The first-order chi connectivity index (χ1) is 7.54. The van der Waals surface area contributed by atoms with E-state index in [4.69, 9.17) is 16.2 Å². The molecular weight excluding hydrogens is 240 g/mol. The molecule has 0 heterocycles. The van der Waals surface area contributed by atoms with Gasteiger partial charge in [-0.3, -0.25) is 4.79 Å². The quantitative estimate of drug-likeness (QED) is 0.844. The van der Waals surface area contributed by atoms with Crippen LogP contribution in [0.15, 0.2) is 18.2 Å². The summed E-state index contributed by atoms with van der Waals surface area (Å²) in [7, 11) is 0. The molecule has 0 unspecified atom stereocenters. The maximum Gasteiger partial charge on any atom is 0.248 e. The molecule has 0 saturated heterocycles. The highest BCUT2D eigenvalue weighted by Gasteiger charge is 2.07. The molecule has 4 nitrogen and oxygen atoms in total. The van der Waals surface area contributed by atoms with E-state index in [1.165, 1.54) is 0 Å². The standard InChI is InChI=1S/C12H18N2O2.ClH/c1-8(2)7-16-11-4-3-9(12(14)15)5-10(11)6-13;/h3-5,8H,6-7,13H2,1-2H3,(H2,14,15);1H. The first-order valence-electron chi connectivity index (χ1n) is 5.30. The smallest absolute Gasteiger partial charge is 0.248 e. The van der Waals surface area contributed by atoms with Crippen LogP contribution < -0.4 is 16.2 Å². The summed E-state index contributed by atoms with van der Waals surface area (Å²) in [6, 6.07) is 5.07. The average Bonchev–Trinajstić information content (AvgIpc) is 2.25. The molecular formula is C12H19ClN2O2. The van der Waals surface area contributed by atoms with Crippen LogP contribution in [0.3, 0.4) is 0 Å². The van der Waals surface area contributed by atoms with Gasteiger partial charge in [0.25, 0.3) is 0 Å². The molecule has 0 aliphatic heterocycles. The summed E-state index contributed by atoms with van der Waals surface area (Å²) in [6.45, 7) is 5.09. The Hall–Kier alpha value is -1.26. The number of ether oxygens (including phenoxy) is 1. The van der Waals surface area contributed by atoms with E-state index in [-0.39, 0.29) is 12.4 Å². The zero-order chi connectivity index (χ0) is 12.1. The van der Waals surface area contributed by atoms with Crippen molar-refractivity contribution in [1.82, 2.24) is 0 Å². The predicted octanol–water partition coefficient (Wildman–Crippen LogP) is 1.70. The predicted molar refractivity (Wildman–Crippen MR) is 70.4 cm³/mol. The summed E-state index contributed by atoms with van der Waals surface area (Å²) in [5.74, 6) is 0.716. The fourth-order valence-corrected chi connectivity index (χ4v) is 1.29. The van der Waals surface area contributed by atoms with Crippen molar-refractivity contribution in [1.29, 1.82) is 0 Å². The van der Waals surface area contributed by atoms with Gasteiger partial charge in [0.2, 0.25) is 5.91 Å². The third-order valence-corrected chi connectivity index (χ3v) is 2.14. The summed E-state index contributed by atoms with van der Waals surface area (Å²) in [5, 5.41) is 0. The Balaban J connectivity index is 0.00000256. The fraction of sp³-hybridized carbons (Fsp3) is 0.417. The number of hydrogen-bond donors (Lipinski definition) is 2. The fourth-order valence-electron chi connectivity index (χ4n) is 1.29. The van der Waals surface area contributed by atoms with E-state index >= 15 is 0 Å². The van der Waals surface area contributed by atoms with Crippen LogP contribution >= 0.6 is 12.4 Å². The van der Waals surface area contributed by atoms with Crippen molar-refractivity contribution in [3.8, 4) is 5.75 Å². The summed E-state index contributed by atoms with van der Waals surface area (Å²) >= 11 is 0. The lowest BCUT2D eigenvalue weighted by molar-refractivity contribution is 0.1000. The number of carbonyl (C=O) groups excluding carboxylic acids is 1. The van der Waals surface area contributed by atoms with Gasteiger partial charge in [-0.25, -0.2) is 0 Å². The van der Waals surface area contributed by atoms with Crippen LogP contribution in [0.5, 0.6) is 5.75 Å². The molecule has 0 bridgehead atoms. The molecule has 1 aromatic carbocycles. The van der Waals surface area contributed by atoms with Crippen molar-refractivity contribution in [2.24, 2.45) is 17.4 Å². The van der Waals surface area contributed by atoms with Gasteiger partial charge in [-0.2, -0.15) is 0 Å². The Morgan fingerprint density at radius 1 is 1.41 bits per heavy atom. The van der Waals surface area contributed by atoms with Gasteiger partial charge in [-0.1, -0.05) is 13.8 Å². The van der Waals surface area contributed by atoms with Crippen molar-refractivity contribution in [2.45, 2.75) is 20.4 Å². The second-order valence-corrected chi connectivity index (χ2v) is 4.10. The number of hydrogen-bond acceptors (Lipinski definition) is 3. The molecule has 0 atom stereocenters. The normalized spacial score (nSPS) is 9.88. The van der Waals surface area contributed by atoms with Gasteiger partial charge in [0.15, 0.2) is 0 Å². The highest BCUT2D eigenvalue weighted by molar-refractivity contribution is 5.93. The molecule has 0 aliphatic carbocycles. The van der Waals surface area contributed by atoms with Crippen LogP contribution in [0, 0.1) is 5.92 Å². The Kier molecular flexibility index (Phi) is 6.61. The molecule has 0 fully saturated rings. The molecule has 17 heavy (non-hydrogen) atoms. The van der Waals surface area contributed by atoms with E-state index in [0.717, 1.165) is 11.3 Å². The number of carbonyl (C=O) groups is 1. The van der Waals surface area contributed by atoms with E-state index in [1.54, 1.807) is 18.2 Å². The van der Waals surface area contributed by atoms with Crippen molar-refractivity contribution in [3.63, 3.8) is 0 Å². The molecule has 0 saturated carbocycles. The Morgan fingerprint density at radius 3 is 2.53 bits per heavy atom. The molecule has 4 N–H and O–H groups in total. The first kappa shape index (κ1) is 15.7. The third-order valence-electron chi connectivity index (χ3n) is 2.14. The van der Waals surface area contributed by atoms with Gasteiger partial charge in [0, 0.05) is 17.7 Å². The average molecular weight is 259 g/mol. The molecule has 96 valence electrons. The minimum Gasteiger partial charge on any atom is -0.493 e. The molecule has 0 aliphatic rings. The van der Waals surface area contributed by atoms with Crippen LogP contribution in [-0.4, -0.2) is 12.5 Å². The molecule has 1 rings (SSSR count). The van der Waals surface area contributed by atoms with Crippen LogP contribution in [0.1, 0.15) is 29.8 Å². The summed E-state index contributed by atoms with van der Waals surface area (Å²) in [5.41, 5.74) is 12.0. The molecule has 0 radical (unpaired) electrons. The summed E-state index contributed by atoms with van der Waals surface area (Å²) in [6.07, 6.45) is 0. The third kappa shape index (κ3) is 4.63. The van der Waals surface area contributed by atoms with Crippen molar-refractivity contribution >= 4 is 18.3 Å². The minimum absolute atomic E-state index is 0. The van der Waals surface area contributed by atoms with Crippen molar-refractivity contribution < 1.29 is 9.53 Å². The lowest BCUT2D eigenvalue weighted by Gasteiger charge is -2.12. The van der Waals surface area contributed by atoms with E-state index in [2.05, 4.69) is 13.8 Å². The Bertz CT molecular complexity index is 381. The Labute approximate surface area is 108 Å². The lowest BCUT2D eigenvalue weighted by atomic mass is 10.1. The maximum absolute atomic E-state index is 11.0. The van der Waals surface area contributed by atoms with Gasteiger partial charge in [-0.05, 0) is 24.1 Å². The molecule has 0 aromatic heterocycles. The van der Waals surface area contributed by atoms with Crippen LogP contribution in [0.4, 0.5) is 0 Å². The number of benzene rings is 1. The molecule has 1 amide bonds. The number of nitrogens with two attached hydrogens (primary N) is 2. The second-order valence-electron chi connectivity index (χ2n) is 4.10. The van der Waals surface area contributed by atoms with E-state index in [1.807, 2.05) is 0 Å². The van der Waals surface area contributed by atoms with Gasteiger partial charge in [0.1, 0.15) is 5.75 Å². The van der Waals surface area contributed by atoms with E-state index in [0.29, 0.717) is 24.6 Å². The first-order valence-corrected chi connectivity index (χ1v) is 5.30. The molecule has 5 heteroatoms. The van der Waals surface area contributed by atoms with E-state index < -0.39 is 5.91 Å². The maximum atomic E-state index is 11.0. The number of amides is 1. The second kappa shape index (κ2) is 7.14. The molecule has 0 spiro atoms. The Morgan fingerprint density at radius 2 is 2.06 bits per heavy atom. The monoisotopic (exact) mass is 258 g/mol. The zero-order valence-corrected chi connectivity index (χ0v) is 10.9. The SMILES string of the molecule is CC(C)COc1ccc(C(N)=O)cc1CN.Cl. The van der Waals surface area contributed by atoms with Gasteiger partial charge in [-0.15, -0.1) is 12.4 Å². The number of rotatable bonds is 5. The number of halogens is 1. The van der Waals surface area contributed by atoms with Crippen LogP contribution in [-0.2, 0) is 6.54 Å². The zero-order valence-electron chi connectivity index (χ0n) is 10.1. The summed E-state index contributed by atoms with van der Waals surface area (Å²) < 4.78 is 5.59. The van der Waals surface area contributed by atoms with Crippen LogP contribution in [0.2, 0.25) is 0 Å². The summed E-state index contributed by atoms with van der Waals surface area (Å²) in [4.78, 5) is 11.0. The highest BCUT2D eigenvalue weighted by Crippen LogP contribution is 2.20. The van der Waals surface area contributed by atoms with Crippen molar-refractivity contribution in [3.05, 3.63) is 29.3 Å². The van der Waals surface area contributed by atoms with Gasteiger partial charge in [0.05, 0.1) is 6.61 Å². The molecule has 1 aromatic rings. The lowest BCUT2D eigenvalue weighted by Crippen LogP contribution is -2.13. The largest absolute Gasteiger partial charge is 0.493 e. The highest BCUT2D eigenvalue weighted by atomic mass is 35.5. The number of primary amides is 1. The van der Waals surface area contributed by atoms with Crippen molar-refractivity contribution in [2.75, 3.05) is 6.61 Å². The van der Waals surface area contributed by atoms with Gasteiger partial charge < -0.3 is 16.2 Å². The van der Waals surface area contributed by atoms with Crippen LogP contribution in [0.25, 0.3) is 0 Å². The topological polar surface area (TPSA) is 78.3 Å². The minimum atomic E-state index is -0.454. The van der Waals surface area contributed by atoms with E-state index in [9.17, 15) is 4.79 Å². The van der Waals surface area contributed by atoms with Gasteiger partial charge >= 0.3 is 0 Å².